The molecule has 5 nitrogen and oxygen atoms in total. The van der Waals surface area contributed by atoms with Crippen molar-refractivity contribution in [2.24, 2.45) is 0 Å². The summed E-state index contributed by atoms with van der Waals surface area (Å²) in [6, 6.07) is 0. The highest BCUT2D eigenvalue weighted by Gasteiger charge is 2.64. The highest BCUT2D eigenvalue weighted by molar-refractivity contribution is 5.37. The lowest BCUT2D eigenvalue weighted by atomic mass is 9.90. The smallest absolute Gasteiger partial charge is 0.187 e. The molecule has 1 aliphatic carbocycles. The molecule has 82 valence electrons. The number of rotatable bonds is 1. The van der Waals surface area contributed by atoms with E-state index in [1.807, 2.05) is 0 Å². The van der Waals surface area contributed by atoms with Gasteiger partial charge < -0.3 is 25.2 Å². The topological polar surface area (TPSA) is 93.5 Å². The van der Waals surface area contributed by atoms with Crippen molar-refractivity contribution in [2.75, 3.05) is 6.61 Å². The Hall–Kier alpha value is -0.900. The molecule has 2 aliphatic rings. The average molecular weight is 212 g/mol. The summed E-state index contributed by atoms with van der Waals surface area (Å²) >= 11 is 0. The maximum atomic E-state index is 9.60. The van der Waals surface area contributed by atoms with Crippen molar-refractivity contribution in [1.29, 1.82) is 0 Å². The van der Waals surface area contributed by atoms with Crippen LogP contribution >= 0.6 is 0 Å². The lowest BCUT2D eigenvalue weighted by Crippen LogP contribution is -2.37. The Morgan fingerprint density at radius 1 is 1.40 bits per heavy atom. The predicted octanol–water partition coefficient (Wildman–Crippen LogP) is -2.23. The molecule has 0 amide bonds. The normalized spacial score (nSPS) is 43.9. The minimum Gasteiger partial charge on any atom is -0.393 e. The molecule has 4 N–H and O–H groups in total. The summed E-state index contributed by atoms with van der Waals surface area (Å²) in [5, 5.41) is 36.6. The van der Waals surface area contributed by atoms with Crippen LogP contribution in [0.4, 0.5) is 0 Å². The molecule has 5 atom stereocenters. The zero-order valence-electron chi connectivity index (χ0n) is 7.87. The third-order valence-corrected chi connectivity index (χ3v) is 2.53. The van der Waals surface area contributed by atoms with Gasteiger partial charge in [0.2, 0.25) is 0 Å². The van der Waals surface area contributed by atoms with Crippen LogP contribution in [0.3, 0.4) is 0 Å². The molecule has 1 fully saturated rings. The number of ether oxygens (including phenoxy) is 1. The summed E-state index contributed by atoms with van der Waals surface area (Å²) in [4.78, 5) is 0. The van der Waals surface area contributed by atoms with Gasteiger partial charge in [0.05, 0.1) is 6.61 Å². The first-order chi connectivity index (χ1) is 7.10. The van der Waals surface area contributed by atoms with Crippen molar-refractivity contribution in [3.8, 4) is 11.8 Å². The number of hydrogen-bond donors (Lipinski definition) is 4. The van der Waals surface area contributed by atoms with Crippen LogP contribution in [0, 0.1) is 11.8 Å². The van der Waals surface area contributed by atoms with E-state index in [4.69, 9.17) is 14.9 Å². The zero-order valence-corrected chi connectivity index (χ0v) is 7.87. The second kappa shape index (κ2) is 3.59. The third-order valence-electron chi connectivity index (χ3n) is 2.53. The van der Waals surface area contributed by atoms with Crippen molar-refractivity contribution in [1.82, 2.24) is 0 Å². The number of aliphatic hydroxyl groups is 4. The molecule has 0 aromatic carbocycles. The molecule has 1 saturated heterocycles. The van der Waals surface area contributed by atoms with E-state index >= 15 is 0 Å². The molecule has 1 aliphatic heterocycles. The van der Waals surface area contributed by atoms with Crippen molar-refractivity contribution in [2.45, 2.75) is 30.0 Å². The number of epoxide rings is 1. The SMILES string of the molecule is OCC(O)C#CC12OC1C(O)C=CC2O. The standard InChI is InChI=1S/C10H12O5/c11-5-6(12)3-4-10-8(14)2-1-7(13)9(10)15-10/h1-2,6-9,11-14H,5H2. The fourth-order valence-corrected chi connectivity index (χ4v) is 1.62. The van der Waals surface area contributed by atoms with E-state index in [0.717, 1.165) is 0 Å². The van der Waals surface area contributed by atoms with Gasteiger partial charge in [-0.25, -0.2) is 0 Å². The van der Waals surface area contributed by atoms with Gasteiger partial charge in [0.15, 0.2) is 5.60 Å². The summed E-state index contributed by atoms with van der Waals surface area (Å²) in [5.74, 6) is 4.92. The Morgan fingerprint density at radius 3 is 2.80 bits per heavy atom. The van der Waals surface area contributed by atoms with Crippen LogP contribution in [0.25, 0.3) is 0 Å². The van der Waals surface area contributed by atoms with E-state index in [1.165, 1.54) is 12.2 Å². The van der Waals surface area contributed by atoms with Gasteiger partial charge in [0, 0.05) is 0 Å². The first-order valence-electron chi connectivity index (χ1n) is 4.64. The second-order valence-electron chi connectivity index (χ2n) is 3.62. The summed E-state index contributed by atoms with van der Waals surface area (Å²) in [7, 11) is 0. The maximum Gasteiger partial charge on any atom is 0.187 e. The summed E-state index contributed by atoms with van der Waals surface area (Å²) in [6.07, 6.45) is -0.535. The highest BCUT2D eigenvalue weighted by Crippen LogP contribution is 2.44. The Bertz CT molecular complexity index is 341. The van der Waals surface area contributed by atoms with Crippen molar-refractivity contribution < 1.29 is 25.2 Å². The van der Waals surface area contributed by atoms with Crippen LogP contribution in [-0.2, 0) is 4.74 Å². The van der Waals surface area contributed by atoms with Gasteiger partial charge in [-0.3, -0.25) is 0 Å². The quantitative estimate of drug-likeness (QED) is 0.224. The van der Waals surface area contributed by atoms with E-state index in [9.17, 15) is 10.2 Å². The number of aliphatic hydroxyl groups excluding tert-OH is 4. The summed E-state index contributed by atoms with van der Waals surface area (Å²) < 4.78 is 5.16. The lowest BCUT2D eigenvalue weighted by molar-refractivity contribution is 0.134. The molecule has 5 heteroatoms. The molecule has 0 bridgehead atoms. The van der Waals surface area contributed by atoms with Crippen LogP contribution in [-0.4, -0.2) is 57.0 Å². The van der Waals surface area contributed by atoms with E-state index < -0.39 is 36.6 Å². The van der Waals surface area contributed by atoms with E-state index in [1.54, 1.807) is 0 Å². The maximum absolute atomic E-state index is 9.60. The van der Waals surface area contributed by atoms with Gasteiger partial charge in [-0.1, -0.05) is 24.0 Å². The first kappa shape index (κ1) is 10.6. The molecule has 2 rings (SSSR count). The van der Waals surface area contributed by atoms with E-state index in [0.29, 0.717) is 0 Å². The van der Waals surface area contributed by atoms with Crippen LogP contribution < -0.4 is 0 Å². The monoisotopic (exact) mass is 212 g/mol. The Balaban J connectivity index is 2.15. The van der Waals surface area contributed by atoms with Gasteiger partial charge in [0.25, 0.3) is 0 Å². The molecule has 5 unspecified atom stereocenters. The molecule has 1 heterocycles. The Labute approximate surface area is 86.6 Å². The lowest BCUT2D eigenvalue weighted by Gasteiger charge is -2.16. The number of fused-ring (bicyclic) bond motifs is 1. The van der Waals surface area contributed by atoms with E-state index in [2.05, 4.69) is 11.8 Å². The molecule has 0 spiro atoms. The van der Waals surface area contributed by atoms with Gasteiger partial charge >= 0.3 is 0 Å². The van der Waals surface area contributed by atoms with Crippen LogP contribution in [0.5, 0.6) is 0 Å². The van der Waals surface area contributed by atoms with Crippen LogP contribution in [0.1, 0.15) is 0 Å². The van der Waals surface area contributed by atoms with E-state index in [-0.39, 0.29) is 0 Å². The third kappa shape index (κ3) is 1.67. The molecule has 0 aromatic rings. The largest absolute Gasteiger partial charge is 0.393 e. The Morgan fingerprint density at radius 2 is 2.13 bits per heavy atom. The molecule has 0 radical (unpaired) electrons. The van der Waals surface area contributed by atoms with Gasteiger partial charge in [-0.15, -0.1) is 0 Å². The molecule has 0 saturated carbocycles. The number of hydrogen-bond acceptors (Lipinski definition) is 5. The second-order valence-corrected chi connectivity index (χ2v) is 3.62. The van der Waals surface area contributed by atoms with Crippen molar-refractivity contribution >= 4 is 0 Å². The zero-order chi connectivity index (χ0) is 11.1. The highest BCUT2D eigenvalue weighted by atomic mass is 16.6. The minimum atomic E-state index is -1.15. The summed E-state index contributed by atoms with van der Waals surface area (Å²) in [6.45, 7) is -0.470. The molecule has 0 aromatic heterocycles. The van der Waals surface area contributed by atoms with Crippen molar-refractivity contribution in [3.63, 3.8) is 0 Å². The van der Waals surface area contributed by atoms with Gasteiger partial charge in [-0.05, 0) is 0 Å². The first-order valence-corrected chi connectivity index (χ1v) is 4.64. The predicted molar refractivity (Wildman–Crippen MR) is 49.6 cm³/mol. The fraction of sp³-hybridized carbons (Fsp3) is 0.600. The van der Waals surface area contributed by atoms with Gasteiger partial charge in [-0.2, -0.15) is 0 Å². The molecule has 15 heavy (non-hydrogen) atoms. The average Bonchev–Trinajstić information content (AvgIpc) is 2.98. The molecular weight excluding hydrogens is 200 g/mol. The van der Waals surface area contributed by atoms with Crippen molar-refractivity contribution in [3.05, 3.63) is 12.2 Å². The van der Waals surface area contributed by atoms with Crippen LogP contribution in [0.15, 0.2) is 12.2 Å². The van der Waals surface area contributed by atoms with Gasteiger partial charge in [0.1, 0.15) is 24.4 Å². The molecular formula is C10H12O5. The fourth-order valence-electron chi connectivity index (χ4n) is 1.62. The minimum absolute atomic E-state index is 0.470. The van der Waals surface area contributed by atoms with Crippen LogP contribution in [0.2, 0.25) is 0 Å². The summed E-state index contributed by atoms with van der Waals surface area (Å²) in [5.41, 5.74) is -1.11. The Kier molecular flexibility index (Phi) is 2.54.